The van der Waals surface area contributed by atoms with Crippen molar-refractivity contribution in [2.24, 2.45) is 11.7 Å². The first kappa shape index (κ1) is 14.5. The Hall–Kier alpha value is -1.55. The fourth-order valence-corrected chi connectivity index (χ4v) is 1.57. The van der Waals surface area contributed by atoms with E-state index in [2.05, 4.69) is 19.2 Å². The van der Waals surface area contributed by atoms with Crippen LogP contribution in [0.25, 0.3) is 0 Å². The molecule has 0 aliphatic heterocycles. The minimum atomic E-state index is -0.0864. The second kappa shape index (κ2) is 6.40. The smallest absolute Gasteiger partial charge is 0.321 e. The lowest BCUT2D eigenvalue weighted by molar-refractivity contribution is 0.193. The molecule has 100 valence electrons. The zero-order valence-electron chi connectivity index (χ0n) is 11.6. The maximum Gasteiger partial charge on any atom is 0.321 e. The monoisotopic (exact) mass is 249 g/mol. The number of amides is 2. The summed E-state index contributed by atoms with van der Waals surface area (Å²) in [6.07, 6.45) is 0. The van der Waals surface area contributed by atoms with Gasteiger partial charge in [0, 0.05) is 25.3 Å². The summed E-state index contributed by atoms with van der Waals surface area (Å²) in [5.41, 5.74) is 7.37. The van der Waals surface area contributed by atoms with E-state index in [0.29, 0.717) is 12.5 Å². The number of nitrogens with one attached hydrogen (secondary N) is 1. The predicted molar refractivity (Wildman–Crippen MR) is 75.4 cm³/mol. The molecule has 0 saturated heterocycles. The van der Waals surface area contributed by atoms with Crippen molar-refractivity contribution in [3.05, 3.63) is 29.8 Å². The molecule has 0 aliphatic rings. The number of nitrogens with zero attached hydrogens (tertiary/aromatic N) is 1. The van der Waals surface area contributed by atoms with E-state index in [4.69, 9.17) is 5.73 Å². The Labute approximate surface area is 109 Å². The molecule has 1 unspecified atom stereocenters. The molecule has 0 radical (unpaired) electrons. The minimum Gasteiger partial charge on any atom is -0.326 e. The lowest BCUT2D eigenvalue weighted by Gasteiger charge is -2.28. The van der Waals surface area contributed by atoms with Crippen LogP contribution in [0.5, 0.6) is 0 Å². The maximum atomic E-state index is 12.0. The Morgan fingerprint density at radius 3 is 2.28 bits per heavy atom. The third-order valence-electron chi connectivity index (χ3n) is 3.34. The molecule has 18 heavy (non-hydrogen) atoms. The maximum absolute atomic E-state index is 12.0. The molecule has 2 amide bonds. The van der Waals surface area contributed by atoms with Crippen LogP contribution in [-0.4, -0.2) is 24.0 Å². The van der Waals surface area contributed by atoms with Crippen molar-refractivity contribution in [1.29, 1.82) is 0 Å². The average molecular weight is 249 g/mol. The number of carbonyl (C=O) groups is 1. The Morgan fingerprint density at radius 1 is 1.28 bits per heavy atom. The Morgan fingerprint density at radius 2 is 1.83 bits per heavy atom. The Kier molecular flexibility index (Phi) is 5.16. The number of rotatable bonds is 4. The molecule has 0 aliphatic carbocycles. The quantitative estimate of drug-likeness (QED) is 0.862. The highest BCUT2D eigenvalue weighted by molar-refractivity contribution is 5.89. The van der Waals surface area contributed by atoms with Crippen molar-refractivity contribution in [2.75, 3.05) is 12.4 Å². The number of benzene rings is 1. The van der Waals surface area contributed by atoms with Gasteiger partial charge < -0.3 is 16.0 Å². The largest absolute Gasteiger partial charge is 0.326 e. The molecule has 0 saturated carbocycles. The van der Waals surface area contributed by atoms with Crippen LogP contribution in [0.2, 0.25) is 0 Å². The lowest BCUT2D eigenvalue weighted by Crippen LogP contribution is -2.40. The fourth-order valence-electron chi connectivity index (χ4n) is 1.57. The van der Waals surface area contributed by atoms with Crippen molar-refractivity contribution in [2.45, 2.75) is 33.4 Å². The highest BCUT2D eigenvalue weighted by Gasteiger charge is 2.18. The number of anilines is 1. The van der Waals surface area contributed by atoms with Crippen LogP contribution < -0.4 is 11.1 Å². The topological polar surface area (TPSA) is 58.4 Å². The number of hydrogen-bond donors (Lipinski definition) is 2. The highest BCUT2D eigenvalue weighted by Crippen LogP contribution is 2.13. The molecule has 3 N–H and O–H groups in total. The summed E-state index contributed by atoms with van der Waals surface area (Å²) in [6.45, 7) is 6.76. The van der Waals surface area contributed by atoms with Gasteiger partial charge in [0.15, 0.2) is 0 Å². The van der Waals surface area contributed by atoms with Gasteiger partial charge in [-0.25, -0.2) is 4.79 Å². The molecule has 0 aromatic heterocycles. The minimum absolute atomic E-state index is 0.0864. The first-order valence-corrected chi connectivity index (χ1v) is 6.28. The zero-order chi connectivity index (χ0) is 13.7. The molecular formula is C14H23N3O. The van der Waals surface area contributed by atoms with E-state index >= 15 is 0 Å². The van der Waals surface area contributed by atoms with Crippen LogP contribution in [0.3, 0.4) is 0 Å². The zero-order valence-corrected chi connectivity index (χ0v) is 11.6. The van der Waals surface area contributed by atoms with Gasteiger partial charge in [0.05, 0.1) is 0 Å². The predicted octanol–water partition coefficient (Wildman–Crippen LogP) is 2.65. The highest BCUT2D eigenvalue weighted by atomic mass is 16.2. The number of carbonyl (C=O) groups excluding carboxylic acids is 1. The van der Waals surface area contributed by atoms with Gasteiger partial charge in [0.2, 0.25) is 0 Å². The molecule has 1 rings (SSSR count). The molecule has 1 aromatic rings. The average Bonchev–Trinajstić information content (AvgIpc) is 2.37. The molecule has 4 heteroatoms. The van der Waals surface area contributed by atoms with Gasteiger partial charge in [-0.3, -0.25) is 0 Å². The van der Waals surface area contributed by atoms with Crippen LogP contribution in [0.4, 0.5) is 10.5 Å². The number of hydrogen-bond acceptors (Lipinski definition) is 2. The van der Waals surface area contributed by atoms with Crippen LogP contribution in [-0.2, 0) is 6.54 Å². The normalized spacial score (nSPS) is 12.3. The molecule has 0 spiro atoms. The van der Waals surface area contributed by atoms with E-state index in [0.717, 1.165) is 11.3 Å². The van der Waals surface area contributed by atoms with Crippen LogP contribution in [0.15, 0.2) is 24.3 Å². The molecule has 0 heterocycles. The van der Waals surface area contributed by atoms with Crippen molar-refractivity contribution in [3.8, 4) is 0 Å². The lowest BCUT2D eigenvalue weighted by atomic mass is 10.1. The van der Waals surface area contributed by atoms with Crippen LogP contribution >= 0.6 is 0 Å². The summed E-state index contributed by atoms with van der Waals surface area (Å²) in [6, 6.07) is 7.69. The van der Waals surface area contributed by atoms with Gasteiger partial charge in [-0.05, 0) is 30.5 Å². The second-order valence-corrected chi connectivity index (χ2v) is 4.93. The van der Waals surface area contributed by atoms with Gasteiger partial charge in [0.1, 0.15) is 0 Å². The number of urea groups is 1. The Bertz CT molecular complexity index is 387. The van der Waals surface area contributed by atoms with E-state index in [9.17, 15) is 4.79 Å². The summed E-state index contributed by atoms with van der Waals surface area (Å²) in [4.78, 5) is 13.7. The van der Waals surface area contributed by atoms with Crippen molar-refractivity contribution in [1.82, 2.24) is 4.90 Å². The summed E-state index contributed by atoms with van der Waals surface area (Å²) in [7, 11) is 1.81. The molecule has 1 atom stereocenters. The van der Waals surface area contributed by atoms with E-state index in [1.54, 1.807) is 4.90 Å². The fraction of sp³-hybridized carbons (Fsp3) is 0.500. The SMILES string of the molecule is CC(C)C(C)N(C)C(=O)Nc1ccc(CN)cc1. The summed E-state index contributed by atoms with van der Waals surface area (Å²) in [5.74, 6) is 0.431. The molecular weight excluding hydrogens is 226 g/mol. The van der Waals surface area contributed by atoms with Gasteiger partial charge in [-0.1, -0.05) is 26.0 Å². The second-order valence-electron chi connectivity index (χ2n) is 4.93. The van der Waals surface area contributed by atoms with Crippen LogP contribution in [0.1, 0.15) is 26.3 Å². The third-order valence-corrected chi connectivity index (χ3v) is 3.34. The molecule has 0 fully saturated rings. The van der Waals surface area contributed by atoms with Gasteiger partial charge in [0.25, 0.3) is 0 Å². The first-order valence-electron chi connectivity index (χ1n) is 6.28. The van der Waals surface area contributed by atoms with Crippen molar-refractivity contribution >= 4 is 11.7 Å². The third kappa shape index (κ3) is 3.74. The molecule has 0 bridgehead atoms. The van der Waals surface area contributed by atoms with Gasteiger partial charge in [-0.2, -0.15) is 0 Å². The van der Waals surface area contributed by atoms with Gasteiger partial charge >= 0.3 is 6.03 Å². The first-order chi connectivity index (χ1) is 8.45. The van der Waals surface area contributed by atoms with Crippen LogP contribution in [0, 0.1) is 5.92 Å². The summed E-state index contributed by atoms with van der Waals surface area (Å²) in [5, 5.41) is 2.87. The molecule has 4 nitrogen and oxygen atoms in total. The van der Waals surface area contributed by atoms with Crippen molar-refractivity contribution < 1.29 is 4.79 Å². The van der Waals surface area contributed by atoms with E-state index in [1.165, 1.54) is 0 Å². The summed E-state index contributed by atoms with van der Waals surface area (Å²) >= 11 is 0. The number of nitrogens with two attached hydrogens (primary N) is 1. The van der Waals surface area contributed by atoms with E-state index < -0.39 is 0 Å². The Balaban J connectivity index is 2.63. The summed E-state index contributed by atoms with van der Waals surface area (Å²) < 4.78 is 0. The molecule has 1 aromatic carbocycles. The van der Waals surface area contributed by atoms with E-state index in [1.807, 2.05) is 38.2 Å². The van der Waals surface area contributed by atoms with E-state index in [-0.39, 0.29) is 12.1 Å². The van der Waals surface area contributed by atoms with Crippen molar-refractivity contribution in [3.63, 3.8) is 0 Å². The van der Waals surface area contributed by atoms with Gasteiger partial charge in [-0.15, -0.1) is 0 Å². The standard InChI is InChI=1S/C14H23N3O/c1-10(2)11(3)17(4)14(18)16-13-7-5-12(9-15)6-8-13/h5-8,10-11H,9,15H2,1-4H3,(H,16,18).